The molecule has 7 nitrogen and oxygen atoms in total. The summed E-state index contributed by atoms with van der Waals surface area (Å²) in [5.74, 6) is -0.862. The highest BCUT2D eigenvalue weighted by molar-refractivity contribution is 5.95. The molecule has 92 valence electrons. The predicted octanol–water partition coefficient (Wildman–Crippen LogP) is -0.311. The first-order chi connectivity index (χ1) is 8.24. The van der Waals surface area contributed by atoms with Crippen molar-refractivity contribution >= 4 is 11.9 Å². The molecule has 1 aromatic rings. The van der Waals surface area contributed by atoms with Gasteiger partial charge in [-0.2, -0.15) is 0 Å². The number of methoxy groups -OCH3 is 1. The number of morpholine rings is 1. The smallest absolute Gasteiger partial charge is 0.331 e. The van der Waals surface area contributed by atoms with E-state index in [0.717, 1.165) is 0 Å². The average Bonchev–Trinajstić information content (AvgIpc) is 2.91. The maximum atomic E-state index is 12.0. The van der Waals surface area contributed by atoms with Gasteiger partial charge in [-0.1, -0.05) is 5.16 Å². The maximum absolute atomic E-state index is 12.0. The van der Waals surface area contributed by atoms with Gasteiger partial charge in [0, 0.05) is 12.6 Å². The fourth-order valence-electron chi connectivity index (χ4n) is 1.65. The van der Waals surface area contributed by atoms with Crippen LogP contribution in [0.4, 0.5) is 0 Å². The molecule has 1 aliphatic heterocycles. The highest BCUT2D eigenvalue weighted by Crippen LogP contribution is 2.12. The molecule has 0 aromatic carbocycles. The summed E-state index contributed by atoms with van der Waals surface area (Å²) < 4.78 is 14.4. The Labute approximate surface area is 97.3 Å². The summed E-state index contributed by atoms with van der Waals surface area (Å²) >= 11 is 0. The second kappa shape index (κ2) is 4.96. The largest absolute Gasteiger partial charge is 0.467 e. The Hall–Kier alpha value is -1.89. The lowest BCUT2D eigenvalue weighted by atomic mass is 10.2. The molecule has 1 atom stereocenters. The van der Waals surface area contributed by atoms with Crippen LogP contribution >= 0.6 is 0 Å². The van der Waals surface area contributed by atoms with Crippen molar-refractivity contribution in [2.24, 2.45) is 0 Å². The second-order valence-corrected chi connectivity index (χ2v) is 3.50. The highest BCUT2D eigenvalue weighted by Gasteiger charge is 2.34. The summed E-state index contributed by atoms with van der Waals surface area (Å²) in [5.41, 5.74) is 0.167. The van der Waals surface area contributed by atoms with Gasteiger partial charge in [0.15, 0.2) is 11.7 Å². The van der Waals surface area contributed by atoms with Gasteiger partial charge in [-0.25, -0.2) is 4.79 Å². The van der Waals surface area contributed by atoms with Crippen LogP contribution in [0.1, 0.15) is 10.5 Å². The lowest BCUT2D eigenvalue weighted by Crippen LogP contribution is -2.53. The van der Waals surface area contributed by atoms with E-state index in [0.29, 0.717) is 13.2 Å². The lowest BCUT2D eigenvalue weighted by Gasteiger charge is -2.32. The van der Waals surface area contributed by atoms with Gasteiger partial charge < -0.3 is 18.9 Å². The summed E-state index contributed by atoms with van der Waals surface area (Å²) in [6.07, 6.45) is 1.31. The SMILES string of the molecule is COC(=O)C1COCCN1C(=O)c1ccon1. The number of carbonyl (C=O) groups is 2. The molecule has 1 amide bonds. The fourth-order valence-corrected chi connectivity index (χ4v) is 1.65. The van der Waals surface area contributed by atoms with Crippen molar-refractivity contribution < 1.29 is 23.6 Å². The zero-order valence-corrected chi connectivity index (χ0v) is 9.29. The van der Waals surface area contributed by atoms with Crippen LogP contribution in [-0.2, 0) is 14.3 Å². The molecule has 17 heavy (non-hydrogen) atoms. The average molecular weight is 240 g/mol. The Morgan fingerprint density at radius 3 is 3.06 bits per heavy atom. The van der Waals surface area contributed by atoms with Crippen molar-refractivity contribution in [2.45, 2.75) is 6.04 Å². The van der Waals surface area contributed by atoms with Crippen LogP contribution in [0.3, 0.4) is 0 Å². The van der Waals surface area contributed by atoms with E-state index in [2.05, 4.69) is 14.4 Å². The summed E-state index contributed by atoms with van der Waals surface area (Å²) in [4.78, 5) is 24.9. The standard InChI is InChI=1S/C10H12N2O5/c1-15-10(14)8-6-16-5-3-12(8)9(13)7-2-4-17-11-7/h2,4,8H,3,5-6H2,1H3. The monoisotopic (exact) mass is 240 g/mol. The normalized spacial score (nSPS) is 20.1. The molecule has 1 aliphatic rings. The van der Waals surface area contributed by atoms with E-state index >= 15 is 0 Å². The molecule has 0 radical (unpaired) electrons. The zero-order chi connectivity index (χ0) is 12.3. The van der Waals surface area contributed by atoms with Crippen molar-refractivity contribution in [3.05, 3.63) is 18.0 Å². The predicted molar refractivity (Wildman–Crippen MR) is 54.2 cm³/mol. The number of amides is 1. The van der Waals surface area contributed by atoms with Crippen molar-refractivity contribution in [1.29, 1.82) is 0 Å². The van der Waals surface area contributed by atoms with Gasteiger partial charge in [0.25, 0.3) is 5.91 Å². The number of carbonyl (C=O) groups excluding carboxylic acids is 2. The van der Waals surface area contributed by atoms with Crippen LogP contribution in [-0.4, -0.2) is 54.8 Å². The number of esters is 1. The number of rotatable bonds is 2. The van der Waals surface area contributed by atoms with Crippen LogP contribution in [0.25, 0.3) is 0 Å². The van der Waals surface area contributed by atoms with Crippen molar-refractivity contribution in [3.8, 4) is 0 Å². The van der Waals surface area contributed by atoms with Crippen LogP contribution in [0, 0.1) is 0 Å². The van der Waals surface area contributed by atoms with Crippen LogP contribution in [0.5, 0.6) is 0 Å². The topological polar surface area (TPSA) is 81.9 Å². The molecule has 2 heterocycles. The van der Waals surface area contributed by atoms with Crippen molar-refractivity contribution in [1.82, 2.24) is 10.1 Å². The van der Waals surface area contributed by atoms with Gasteiger partial charge in [-0.3, -0.25) is 4.79 Å². The molecule has 0 aliphatic carbocycles. The number of hydrogen-bond acceptors (Lipinski definition) is 6. The molecule has 0 bridgehead atoms. The number of nitrogens with zero attached hydrogens (tertiary/aromatic N) is 2. The van der Waals surface area contributed by atoms with E-state index in [1.807, 2.05) is 0 Å². The molecule has 0 spiro atoms. The fraction of sp³-hybridized carbons (Fsp3) is 0.500. The third-order valence-electron chi connectivity index (χ3n) is 2.52. The molecule has 1 saturated heterocycles. The first-order valence-electron chi connectivity index (χ1n) is 5.11. The lowest BCUT2D eigenvalue weighted by molar-refractivity contribution is -0.151. The molecular formula is C10H12N2O5. The van der Waals surface area contributed by atoms with E-state index in [4.69, 9.17) is 4.74 Å². The van der Waals surface area contributed by atoms with Crippen LogP contribution in [0.2, 0.25) is 0 Å². The molecule has 0 saturated carbocycles. The molecule has 7 heteroatoms. The summed E-state index contributed by atoms with van der Waals surface area (Å²) in [6.45, 7) is 0.846. The number of aromatic nitrogens is 1. The molecule has 1 fully saturated rings. The summed E-state index contributed by atoms with van der Waals surface area (Å²) in [7, 11) is 1.27. The molecule has 1 unspecified atom stereocenters. The second-order valence-electron chi connectivity index (χ2n) is 3.50. The van der Waals surface area contributed by atoms with Gasteiger partial charge in [0.1, 0.15) is 6.26 Å². The molecule has 0 N–H and O–H groups in total. The van der Waals surface area contributed by atoms with Gasteiger partial charge in [0.05, 0.1) is 20.3 Å². The molecule has 1 aromatic heterocycles. The minimum absolute atomic E-state index is 0.135. The van der Waals surface area contributed by atoms with E-state index in [1.165, 1.54) is 24.3 Å². The number of ether oxygens (including phenoxy) is 2. The minimum atomic E-state index is -0.724. The van der Waals surface area contributed by atoms with Gasteiger partial charge in [0.2, 0.25) is 0 Å². The summed E-state index contributed by atoms with van der Waals surface area (Å²) in [6, 6.07) is 0.726. The highest BCUT2D eigenvalue weighted by atomic mass is 16.5. The molecular weight excluding hydrogens is 228 g/mol. The van der Waals surface area contributed by atoms with Gasteiger partial charge in [-0.15, -0.1) is 0 Å². The zero-order valence-electron chi connectivity index (χ0n) is 9.29. The third kappa shape index (κ3) is 2.28. The Kier molecular flexibility index (Phi) is 3.38. The Morgan fingerprint density at radius 2 is 2.41 bits per heavy atom. The van der Waals surface area contributed by atoms with E-state index < -0.39 is 12.0 Å². The Morgan fingerprint density at radius 1 is 1.59 bits per heavy atom. The van der Waals surface area contributed by atoms with Crippen molar-refractivity contribution in [3.63, 3.8) is 0 Å². The van der Waals surface area contributed by atoms with Crippen LogP contribution in [0.15, 0.2) is 16.9 Å². The summed E-state index contributed by atoms with van der Waals surface area (Å²) in [5, 5.41) is 3.55. The van der Waals surface area contributed by atoms with E-state index in [9.17, 15) is 9.59 Å². The van der Waals surface area contributed by atoms with E-state index in [1.54, 1.807) is 0 Å². The van der Waals surface area contributed by atoms with Gasteiger partial charge in [-0.05, 0) is 0 Å². The first kappa shape index (κ1) is 11.6. The Bertz CT molecular complexity index is 403. The molecule has 2 rings (SSSR count). The van der Waals surface area contributed by atoms with Crippen LogP contribution < -0.4 is 0 Å². The van der Waals surface area contributed by atoms with Crippen molar-refractivity contribution in [2.75, 3.05) is 26.9 Å². The van der Waals surface area contributed by atoms with E-state index in [-0.39, 0.29) is 18.2 Å². The minimum Gasteiger partial charge on any atom is -0.467 e. The third-order valence-corrected chi connectivity index (χ3v) is 2.52. The first-order valence-corrected chi connectivity index (χ1v) is 5.11. The Balaban J connectivity index is 2.16. The maximum Gasteiger partial charge on any atom is 0.331 e. The quantitative estimate of drug-likeness (QED) is 0.659. The number of hydrogen-bond donors (Lipinski definition) is 0. The van der Waals surface area contributed by atoms with Gasteiger partial charge >= 0.3 is 5.97 Å².